The molecule has 2 nitrogen and oxygen atoms in total. The number of hydrogen-bond donors (Lipinski definition) is 1. The first-order valence-electron chi connectivity index (χ1n) is 6.76. The highest BCUT2D eigenvalue weighted by Gasteiger charge is 2.17. The Morgan fingerprint density at radius 1 is 1.19 bits per heavy atom. The molecule has 16 heavy (non-hydrogen) atoms. The summed E-state index contributed by atoms with van der Waals surface area (Å²) in [6.07, 6.45) is 3.75. The third-order valence-corrected chi connectivity index (χ3v) is 2.54. The first-order chi connectivity index (χ1) is 7.48. The van der Waals surface area contributed by atoms with Crippen LogP contribution in [0.4, 0.5) is 0 Å². The maximum Gasteiger partial charge on any atom is 0.0529 e. The molecule has 0 aromatic heterocycles. The molecule has 0 bridgehead atoms. The van der Waals surface area contributed by atoms with Crippen LogP contribution in [0.3, 0.4) is 0 Å². The number of unbranched alkanes of at least 4 members (excludes halogenated alkanes) is 2. The Morgan fingerprint density at radius 3 is 2.44 bits per heavy atom. The van der Waals surface area contributed by atoms with E-state index in [1.165, 1.54) is 19.3 Å². The molecule has 0 fully saturated rings. The van der Waals surface area contributed by atoms with Crippen molar-refractivity contribution in [1.82, 2.24) is 5.32 Å². The molecule has 0 aromatic rings. The number of ether oxygens (including phenoxy) is 1. The van der Waals surface area contributed by atoms with Crippen molar-refractivity contribution < 1.29 is 4.74 Å². The van der Waals surface area contributed by atoms with Crippen molar-refractivity contribution in [2.75, 3.05) is 26.3 Å². The molecule has 0 aliphatic rings. The molecular weight excluding hydrogens is 198 g/mol. The first-order valence-corrected chi connectivity index (χ1v) is 6.76. The van der Waals surface area contributed by atoms with Crippen molar-refractivity contribution in [3.05, 3.63) is 0 Å². The average Bonchev–Trinajstić information content (AvgIpc) is 2.16. The van der Waals surface area contributed by atoms with Gasteiger partial charge in [0, 0.05) is 18.6 Å². The lowest BCUT2D eigenvalue weighted by Gasteiger charge is -2.25. The zero-order valence-electron chi connectivity index (χ0n) is 11.9. The van der Waals surface area contributed by atoms with Gasteiger partial charge in [0.15, 0.2) is 0 Å². The number of nitrogens with one attached hydrogen (secondary N) is 1. The van der Waals surface area contributed by atoms with Gasteiger partial charge in [-0.15, -0.1) is 0 Å². The van der Waals surface area contributed by atoms with Crippen molar-refractivity contribution >= 4 is 0 Å². The number of rotatable bonds is 10. The minimum Gasteiger partial charge on any atom is -0.381 e. The van der Waals surface area contributed by atoms with Crippen LogP contribution in [0.25, 0.3) is 0 Å². The van der Waals surface area contributed by atoms with E-state index in [1.807, 2.05) is 0 Å². The predicted molar refractivity (Wildman–Crippen MR) is 71.8 cm³/mol. The van der Waals surface area contributed by atoms with Gasteiger partial charge in [0.05, 0.1) is 6.61 Å². The van der Waals surface area contributed by atoms with E-state index in [0.717, 1.165) is 32.2 Å². The lowest BCUT2D eigenvalue weighted by atomic mass is 9.94. The summed E-state index contributed by atoms with van der Waals surface area (Å²) < 4.78 is 5.72. The van der Waals surface area contributed by atoms with Crippen molar-refractivity contribution in [2.24, 2.45) is 11.3 Å². The van der Waals surface area contributed by atoms with E-state index in [1.54, 1.807) is 0 Å². The fourth-order valence-electron chi connectivity index (χ4n) is 1.55. The van der Waals surface area contributed by atoms with E-state index in [2.05, 4.69) is 39.9 Å². The van der Waals surface area contributed by atoms with E-state index in [-0.39, 0.29) is 5.41 Å². The molecular formula is C14H31NO. The summed E-state index contributed by atoms with van der Waals surface area (Å²) in [6, 6.07) is 0. The Balaban J connectivity index is 3.46. The van der Waals surface area contributed by atoms with Gasteiger partial charge in [0.25, 0.3) is 0 Å². The van der Waals surface area contributed by atoms with Crippen LogP contribution >= 0.6 is 0 Å². The average molecular weight is 229 g/mol. The van der Waals surface area contributed by atoms with Crippen LogP contribution in [-0.2, 0) is 4.74 Å². The van der Waals surface area contributed by atoms with Crippen LogP contribution in [0.15, 0.2) is 0 Å². The molecule has 0 atom stereocenters. The summed E-state index contributed by atoms with van der Waals surface area (Å²) in [5.41, 5.74) is 0.251. The molecule has 98 valence electrons. The second-order valence-corrected chi connectivity index (χ2v) is 5.95. The molecule has 0 unspecified atom stereocenters. The lowest BCUT2D eigenvalue weighted by Crippen LogP contribution is -2.35. The summed E-state index contributed by atoms with van der Waals surface area (Å²) in [4.78, 5) is 0. The monoisotopic (exact) mass is 229 g/mol. The normalized spacial score (nSPS) is 12.4. The van der Waals surface area contributed by atoms with Crippen molar-refractivity contribution in [2.45, 2.75) is 53.9 Å². The Hall–Kier alpha value is -0.0800. The smallest absolute Gasteiger partial charge is 0.0529 e. The fraction of sp³-hybridized carbons (Fsp3) is 1.00. The van der Waals surface area contributed by atoms with Gasteiger partial charge in [0.1, 0.15) is 0 Å². The number of hydrogen-bond acceptors (Lipinski definition) is 2. The highest BCUT2D eigenvalue weighted by atomic mass is 16.5. The molecule has 0 spiro atoms. The Kier molecular flexibility index (Phi) is 8.96. The zero-order chi connectivity index (χ0) is 12.4. The third kappa shape index (κ3) is 10.4. The molecule has 0 rings (SSSR count). The van der Waals surface area contributed by atoms with Gasteiger partial charge < -0.3 is 10.1 Å². The largest absolute Gasteiger partial charge is 0.381 e. The quantitative estimate of drug-likeness (QED) is 0.579. The van der Waals surface area contributed by atoms with Crippen molar-refractivity contribution in [3.63, 3.8) is 0 Å². The van der Waals surface area contributed by atoms with Crippen LogP contribution in [-0.4, -0.2) is 26.3 Å². The predicted octanol–water partition coefficient (Wildman–Crippen LogP) is 3.47. The van der Waals surface area contributed by atoms with Gasteiger partial charge >= 0.3 is 0 Å². The SMILES string of the molecule is CCCCCOCC(C)(C)CNCC(C)C. The van der Waals surface area contributed by atoms with E-state index >= 15 is 0 Å². The molecule has 1 N–H and O–H groups in total. The summed E-state index contributed by atoms with van der Waals surface area (Å²) in [6.45, 7) is 15.1. The lowest BCUT2D eigenvalue weighted by molar-refractivity contribution is 0.0596. The summed E-state index contributed by atoms with van der Waals surface area (Å²) >= 11 is 0. The van der Waals surface area contributed by atoms with Gasteiger partial charge in [-0.3, -0.25) is 0 Å². The Morgan fingerprint density at radius 2 is 1.88 bits per heavy atom. The molecule has 0 saturated carbocycles. The van der Waals surface area contributed by atoms with Crippen LogP contribution in [0.2, 0.25) is 0 Å². The molecule has 0 aliphatic heterocycles. The highest BCUT2D eigenvalue weighted by Crippen LogP contribution is 2.14. The third-order valence-electron chi connectivity index (χ3n) is 2.54. The maximum absolute atomic E-state index is 5.72. The van der Waals surface area contributed by atoms with Crippen molar-refractivity contribution in [1.29, 1.82) is 0 Å². The Labute approximate surface area is 102 Å². The summed E-state index contributed by atoms with van der Waals surface area (Å²) in [5, 5.41) is 3.50. The minimum atomic E-state index is 0.251. The van der Waals surface area contributed by atoms with Gasteiger partial charge in [-0.2, -0.15) is 0 Å². The van der Waals surface area contributed by atoms with Crippen LogP contribution in [0.5, 0.6) is 0 Å². The molecule has 0 amide bonds. The van der Waals surface area contributed by atoms with Gasteiger partial charge in [0.2, 0.25) is 0 Å². The molecule has 0 aliphatic carbocycles. The van der Waals surface area contributed by atoms with E-state index in [9.17, 15) is 0 Å². The molecule has 0 radical (unpaired) electrons. The minimum absolute atomic E-state index is 0.251. The molecule has 0 saturated heterocycles. The standard InChI is InChI=1S/C14H31NO/c1-6-7-8-9-16-12-14(4,5)11-15-10-13(2)3/h13,15H,6-12H2,1-5H3. The van der Waals surface area contributed by atoms with E-state index in [0.29, 0.717) is 0 Å². The van der Waals surface area contributed by atoms with Crippen molar-refractivity contribution in [3.8, 4) is 0 Å². The second kappa shape index (κ2) is 9.00. The van der Waals surface area contributed by atoms with E-state index in [4.69, 9.17) is 4.74 Å². The van der Waals surface area contributed by atoms with Gasteiger partial charge in [-0.1, -0.05) is 47.5 Å². The van der Waals surface area contributed by atoms with Crippen LogP contribution < -0.4 is 5.32 Å². The van der Waals surface area contributed by atoms with E-state index < -0.39 is 0 Å². The molecule has 0 aromatic carbocycles. The molecule has 0 heterocycles. The fourth-order valence-corrected chi connectivity index (χ4v) is 1.55. The summed E-state index contributed by atoms with van der Waals surface area (Å²) in [7, 11) is 0. The Bertz CT molecular complexity index is 155. The van der Waals surface area contributed by atoms with Crippen LogP contribution in [0, 0.1) is 11.3 Å². The maximum atomic E-state index is 5.72. The molecule has 2 heteroatoms. The van der Waals surface area contributed by atoms with Crippen LogP contribution in [0.1, 0.15) is 53.9 Å². The zero-order valence-corrected chi connectivity index (χ0v) is 11.9. The van der Waals surface area contributed by atoms with Gasteiger partial charge in [-0.05, 0) is 18.9 Å². The topological polar surface area (TPSA) is 21.3 Å². The second-order valence-electron chi connectivity index (χ2n) is 5.95. The highest BCUT2D eigenvalue weighted by molar-refractivity contribution is 4.71. The first kappa shape index (κ1) is 15.9. The van der Waals surface area contributed by atoms with Gasteiger partial charge in [-0.25, -0.2) is 0 Å². The summed E-state index contributed by atoms with van der Waals surface area (Å²) in [5.74, 6) is 0.723.